The fraction of sp³-hybridized carbons (Fsp3) is 0.800. The Morgan fingerprint density at radius 3 is 2.09 bits per heavy atom. The summed E-state index contributed by atoms with van der Waals surface area (Å²) in [5, 5.41) is 35.6. The SMILES string of the molecule is CC(NC(O)C(O)O)C(=O)O. The number of carboxylic acids is 1. The van der Waals surface area contributed by atoms with E-state index in [-0.39, 0.29) is 0 Å². The molecule has 0 aliphatic carbocycles. The lowest BCUT2D eigenvalue weighted by Gasteiger charge is -2.16. The van der Waals surface area contributed by atoms with Crippen molar-refractivity contribution in [3.63, 3.8) is 0 Å². The van der Waals surface area contributed by atoms with Crippen LogP contribution in [0.15, 0.2) is 0 Å². The minimum Gasteiger partial charge on any atom is -0.480 e. The molecule has 0 bridgehead atoms. The van der Waals surface area contributed by atoms with E-state index in [0.717, 1.165) is 0 Å². The molecule has 0 saturated heterocycles. The zero-order chi connectivity index (χ0) is 9.02. The molecule has 0 aromatic heterocycles. The van der Waals surface area contributed by atoms with E-state index >= 15 is 0 Å². The van der Waals surface area contributed by atoms with Crippen molar-refractivity contribution in [2.45, 2.75) is 25.5 Å². The van der Waals surface area contributed by atoms with E-state index in [1.165, 1.54) is 6.92 Å². The van der Waals surface area contributed by atoms with Crippen LogP contribution in [0.2, 0.25) is 0 Å². The molecule has 0 aliphatic rings. The van der Waals surface area contributed by atoms with E-state index in [0.29, 0.717) is 0 Å². The minimum absolute atomic E-state index is 1.02. The third-order valence-electron chi connectivity index (χ3n) is 1.07. The standard InChI is InChI=1S/C5H11NO5/c1-2(4(8)9)6-3(7)5(10)11/h2-3,5-7,10-11H,1H3,(H,8,9). The molecule has 6 nitrogen and oxygen atoms in total. The number of hydrogen-bond acceptors (Lipinski definition) is 5. The van der Waals surface area contributed by atoms with Crippen molar-refractivity contribution in [3.8, 4) is 0 Å². The highest BCUT2D eigenvalue weighted by Gasteiger charge is 2.18. The molecule has 0 aromatic rings. The molecule has 5 N–H and O–H groups in total. The Labute approximate surface area is 63.1 Å². The predicted molar refractivity (Wildman–Crippen MR) is 34.5 cm³/mol. The van der Waals surface area contributed by atoms with E-state index in [1.807, 2.05) is 5.32 Å². The van der Waals surface area contributed by atoms with Gasteiger partial charge in [0.05, 0.1) is 0 Å². The minimum atomic E-state index is -1.98. The molecule has 0 spiro atoms. The lowest BCUT2D eigenvalue weighted by Crippen LogP contribution is -2.47. The van der Waals surface area contributed by atoms with Gasteiger partial charge in [0.15, 0.2) is 12.5 Å². The van der Waals surface area contributed by atoms with Crippen molar-refractivity contribution < 1.29 is 25.2 Å². The normalized spacial score (nSPS) is 16.5. The Bertz CT molecular complexity index is 137. The largest absolute Gasteiger partial charge is 0.480 e. The summed E-state index contributed by atoms with van der Waals surface area (Å²) in [5.74, 6) is -1.18. The van der Waals surface area contributed by atoms with Crippen LogP contribution < -0.4 is 5.32 Å². The van der Waals surface area contributed by atoms with E-state index in [4.69, 9.17) is 20.4 Å². The van der Waals surface area contributed by atoms with Gasteiger partial charge in [-0.2, -0.15) is 0 Å². The van der Waals surface area contributed by atoms with Crippen LogP contribution in [0.5, 0.6) is 0 Å². The Hall–Kier alpha value is -0.690. The first-order valence-electron chi connectivity index (χ1n) is 2.98. The average Bonchev–Trinajstić information content (AvgIpc) is 1.87. The van der Waals surface area contributed by atoms with Crippen LogP contribution >= 0.6 is 0 Å². The molecular formula is C5H11NO5. The summed E-state index contributed by atoms with van der Waals surface area (Å²) >= 11 is 0. The molecule has 0 radical (unpaired) electrons. The second kappa shape index (κ2) is 4.24. The highest BCUT2D eigenvalue weighted by Crippen LogP contribution is 1.88. The summed E-state index contributed by atoms with van der Waals surface area (Å²) < 4.78 is 0. The Morgan fingerprint density at radius 1 is 1.36 bits per heavy atom. The summed E-state index contributed by atoms with van der Waals surface area (Å²) in [7, 11) is 0. The summed E-state index contributed by atoms with van der Waals surface area (Å²) in [4.78, 5) is 10.1. The molecule has 6 heteroatoms. The number of aliphatic carboxylic acids is 1. The summed E-state index contributed by atoms with van der Waals surface area (Å²) in [5.41, 5.74) is 0. The highest BCUT2D eigenvalue weighted by molar-refractivity contribution is 5.72. The zero-order valence-electron chi connectivity index (χ0n) is 5.93. The van der Waals surface area contributed by atoms with Gasteiger partial charge in [-0.05, 0) is 6.92 Å². The van der Waals surface area contributed by atoms with Crippen LogP contribution in [-0.4, -0.2) is 45.0 Å². The summed E-state index contributed by atoms with van der Waals surface area (Å²) in [6.07, 6.45) is -3.61. The van der Waals surface area contributed by atoms with Crippen molar-refractivity contribution in [2.75, 3.05) is 0 Å². The van der Waals surface area contributed by atoms with Crippen LogP contribution in [0.1, 0.15) is 6.92 Å². The molecule has 2 atom stereocenters. The maximum atomic E-state index is 10.1. The molecule has 66 valence electrons. The van der Waals surface area contributed by atoms with Gasteiger partial charge < -0.3 is 20.4 Å². The summed E-state index contributed by atoms with van der Waals surface area (Å²) in [6.45, 7) is 1.27. The number of rotatable bonds is 4. The number of carboxylic acid groups (broad SMARTS) is 1. The van der Waals surface area contributed by atoms with E-state index < -0.39 is 24.5 Å². The van der Waals surface area contributed by atoms with Gasteiger partial charge in [0.1, 0.15) is 6.04 Å². The second-order valence-electron chi connectivity index (χ2n) is 2.09. The lowest BCUT2D eigenvalue weighted by atomic mass is 10.3. The fourth-order valence-corrected chi connectivity index (χ4v) is 0.413. The Balaban J connectivity index is 3.75. The van der Waals surface area contributed by atoms with Crippen LogP contribution in [0.3, 0.4) is 0 Å². The molecule has 11 heavy (non-hydrogen) atoms. The van der Waals surface area contributed by atoms with E-state index in [9.17, 15) is 4.79 Å². The first-order valence-corrected chi connectivity index (χ1v) is 2.98. The number of aliphatic hydroxyl groups excluding tert-OH is 2. The average molecular weight is 165 g/mol. The third-order valence-corrected chi connectivity index (χ3v) is 1.07. The van der Waals surface area contributed by atoms with Gasteiger partial charge >= 0.3 is 5.97 Å². The molecule has 0 fully saturated rings. The van der Waals surface area contributed by atoms with Gasteiger partial charge in [-0.1, -0.05) is 0 Å². The van der Waals surface area contributed by atoms with Gasteiger partial charge in [-0.3, -0.25) is 10.1 Å². The molecule has 2 unspecified atom stereocenters. The lowest BCUT2D eigenvalue weighted by molar-refractivity contribution is -0.150. The van der Waals surface area contributed by atoms with Crippen molar-refractivity contribution >= 4 is 5.97 Å². The van der Waals surface area contributed by atoms with Gasteiger partial charge in [0.25, 0.3) is 0 Å². The van der Waals surface area contributed by atoms with E-state index in [1.54, 1.807) is 0 Å². The van der Waals surface area contributed by atoms with Gasteiger partial charge in [0.2, 0.25) is 0 Å². The topological polar surface area (TPSA) is 110 Å². The predicted octanol–water partition coefficient (Wildman–Crippen LogP) is -2.32. The molecular weight excluding hydrogens is 154 g/mol. The highest BCUT2D eigenvalue weighted by atomic mass is 16.5. The van der Waals surface area contributed by atoms with Crippen LogP contribution in [0.25, 0.3) is 0 Å². The molecule has 0 saturated carbocycles. The molecule has 0 rings (SSSR count). The maximum Gasteiger partial charge on any atom is 0.320 e. The third kappa shape index (κ3) is 3.89. The van der Waals surface area contributed by atoms with Crippen molar-refractivity contribution in [3.05, 3.63) is 0 Å². The van der Waals surface area contributed by atoms with Crippen molar-refractivity contribution in [1.29, 1.82) is 0 Å². The van der Waals surface area contributed by atoms with Crippen molar-refractivity contribution in [1.82, 2.24) is 5.32 Å². The number of carbonyl (C=O) groups is 1. The van der Waals surface area contributed by atoms with E-state index in [2.05, 4.69) is 0 Å². The quantitative estimate of drug-likeness (QED) is 0.299. The van der Waals surface area contributed by atoms with Crippen molar-refractivity contribution in [2.24, 2.45) is 0 Å². The Kier molecular flexibility index (Phi) is 3.98. The molecule has 0 heterocycles. The van der Waals surface area contributed by atoms with Gasteiger partial charge in [-0.15, -0.1) is 0 Å². The first kappa shape index (κ1) is 10.3. The molecule has 0 amide bonds. The molecule has 0 aromatic carbocycles. The van der Waals surface area contributed by atoms with Gasteiger partial charge in [0, 0.05) is 0 Å². The maximum absolute atomic E-state index is 10.1. The number of nitrogens with one attached hydrogen (secondary N) is 1. The Morgan fingerprint density at radius 2 is 1.82 bits per heavy atom. The fourth-order valence-electron chi connectivity index (χ4n) is 0.413. The second-order valence-corrected chi connectivity index (χ2v) is 2.09. The monoisotopic (exact) mass is 165 g/mol. The zero-order valence-corrected chi connectivity index (χ0v) is 5.93. The van der Waals surface area contributed by atoms with Crippen LogP contribution in [0.4, 0.5) is 0 Å². The first-order chi connectivity index (χ1) is 4.95. The number of hydrogen-bond donors (Lipinski definition) is 5. The van der Waals surface area contributed by atoms with Crippen LogP contribution in [-0.2, 0) is 4.79 Å². The number of aliphatic hydroxyl groups is 3. The smallest absolute Gasteiger partial charge is 0.320 e. The summed E-state index contributed by atoms with van der Waals surface area (Å²) in [6, 6.07) is -1.02. The van der Waals surface area contributed by atoms with Gasteiger partial charge in [-0.25, -0.2) is 0 Å². The molecule has 0 aliphatic heterocycles. The van der Waals surface area contributed by atoms with Crippen LogP contribution in [0, 0.1) is 0 Å².